The smallest absolute Gasteiger partial charge is 0.326 e. The molecule has 2 unspecified atom stereocenters. The van der Waals surface area contributed by atoms with Gasteiger partial charge in [-0.05, 0) is 61.6 Å². The first-order valence-electron chi connectivity index (χ1n) is 11.3. The number of benzene rings is 2. The summed E-state index contributed by atoms with van der Waals surface area (Å²) in [7, 11) is 0. The fourth-order valence-electron chi connectivity index (χ4n) is 4.05. The van der Waals surface area contributed by atoms with E-state index in [0.717, 1.165) is 30.8 Å². The van der Waals surface area contributed by atoms with E-state index < -0.39 is 12.0 Å². The Morgan fingerprint density at radius 1 is 1.24 bits per heavy atom. The highest BCUT2D eigenvalue weighted by atomic mass is 32.2. The van der Waals surface area contributed by atoms with Crippen molar-refractivity contribution < 1.29 is 14.7 Å². The molecule has 0 aliphatic carbocycles. The quantitative estimate of drug-likeness (QED) is 0.342. The lowest BCUT2D eigenvalue weighted by Crippen LogP contribution is -2.46. The molecule has 1 amide bonds. The zero-order chi connectivity index (χ0) is 23.6. The molecule has 178 valence electrons. The van der Waals surface area contributed by atoms with Crippen LogP contribution in [-0.2, 0) is 11.2 Å². The number of nitrogens with one attached hydrogen (secondary N) is 2. The van der Waals surface area contributed by atoms with E-state index in [9.17, 15) is 14.7 Å². The average Bonchev–Trinajstić information content (AvgIpc) is 3.24. The molecule has 0 spiro atoms. The molecule has 33 heavy (non-hydrogen) atoms. The summed E-state index contributed by atoms with van der Waals surface area (Å²) in [6.45, 7) is 2.02. The van der Waals surface area contributed by atoms with Crippen LogP contribution in [0.2, 0.25) is 0 Å². The third-order valence-corrected chi connectivity index (χ3v) is 7.21. The second-order valence-corrected chi connectivity index (χ2v) is 9.90. The van der Waals surface area contributed by atoms with Crippen molar-refractivity contribution in [2.75, 3.05) is 37.0 Å². The van der Waals surface area contributed by atoms with Gasteiger partial charge in [-0.1, -0.05) is 36.4 Å². The molecule has 1 fully saturated rings. The number of anilines is 1. The average molecular weight is 488 g/mol. The molecular weight excluding hydrogens is 454 g/mol. The van der Waals surface area contributed by atoms with E-state index in [-0.39, 0.29) is 11.9 Å². The molecule has 1 aliphatic rings. The van der Waals surface area contributed by atoms with E-state index >= 15 is 0 Å². The van der Waals surface area contributed by atoms with E-state index in [0.29, 0.717) is 36.0 Å². The van der Waals surface area contributed by atoms with Crippen molar-refractivity contribution in [3.63, 3.8) is 0 Å². The second-order valence-electron chi connectivity index (χ2n) is 8.25. The Hall–Kier alpha value is -2.16. The third-order valence-electron chi connectivity index (χ3n) is 5.95. The molecule has 0 saturated carbocycles. The highest BCUT2D eigenvalue weighted by molar-refractivity contribution is 7.98. The van der Waals surface area contributed by atoms with Crippen LogP contribution >= 0.6 is 24.4 Å². The number of aliphatic carboxylic acids is 1. The zero-order valence-corrected chi connectivity index (χ0v) is 20.7. The topological polar surface area (TPSA) is 81.7 Å². The van der Waals surface area contributed by atoms with Crippen LogP contribution < -0.4 is 10.6 Å². The van der Waals surface area contributed by atoms with Gasteiger partial charge in [-0.2, -0.15) is 24.4 Å². The van der Waals surface area contributed by atoms with Gasteiger partial charge in [0, 0.05) is 35.6 Å². The first-order chi connectivity index (χ1) is 16.0. The van der Waals surface area contributed by atoms with Crippen LogP contribution in [0.4, 0.5) is 5.69 Å². The zero-order valence-electron chi connectivity index (χ0n) is 18.9. The summed E-state index contributed by atoms with van der Waals surface area (Å²) in [5, 5.41) is 17.1. The molecule has 6 nitrogen and oxygen atoms in total. The summed E-state index contributed by atoms with van der Waals surface area (Å²) in [6, 6.07) is 16.6. The second kappa shape index (κ2) is 12.9. The van der Waals surface area contributed by atoms with Crippen molar-refractivity contribution in [1.82, 2.24) is 10.2 Å². The molecule has 2 aromatic rings. The van der Waals surface area contributed by atoms with Crippen LogP contribution in [-0.4, -0.2) is 70.9 Å². The lowest BCUT2D eigenvalue weighted by molar-refractivity contribution is -0.142. The van der Waals surface area contributed by atoms with Gasteiger partial charge in [0.15, 0.2) is 0 Å². The van der Waals surface area contributed by atoms with E-state index in [2.05, 4.69) is 23.3 Å². The van der Waals surface area contributed by atoms with E-state index in [1.807, 2.05) is 54.8 Å². The third kappa shape index (κ3) is 7.42. The fraction of sp³-hybridized carbons (Fsp3) is 0.440. The predicted octanol–water partition coefficient (Wildman–Crippen LogP) is 3.65. The van der Waals surface area contributed by atoms with Crippen LogP contribution in [0.5, 0.6) is 0 Å². The number of carbonyl (C=O) groups excluding carboxylic acids is 1. The summed E-state index contributed by atoms with van der Waals surface area (Å²) in [5.41, 5.74) is 2.41. The molecule has 1 aliphatic heterocycles. The number of thioether (sulfide) groups is 1. The molecular formula is C25H33N3O3S2. The maximum atomic E-state index is 13.5. The first-order valence-corrected chi connectivity index (χ1v) is 13.2. The van der Waals surface area contributed by atoms with Gasteiger partial charge in [-0.25, -0.2) is 4.79 Å². The number of thiol groups is 1. The van der Waals surface area contributed by atoms with Gasteiger partial charge in [0.05, 0.1) is 0 Å². The number of hydrogen-bond acceptors (Lipinski definition) is 6. The summed E-state index contributed by atoms with van der Waals surface area (Å²) in [6.07, 6.45) is 3.99. The van der Waals surface area contributed by atoms with Crippen molar-refractivity contribution in [3.8, 4) is 0 Å². The van der Waals surface area contributed by atoms with Gasteiger partial charge in [0.25, 0.3) is 5.91 Å². The molecule has 8 heteroatoms. The standard InChI is InChI=1S/C25H33N3O3S2/c1-33-15-12-22(25(30)31)28(14-11-18-6-3-2-4-7-18)24(29)19-8-5-9-20(16-19)27-17-21-23(32)10-13-26-21/h2-9,16,21-23,26-27,32H,10-15,17H2,1H3,(H,30,31)/t21?,22-,23?/m0/s1. The number of rotatable bonds is 12. The molecule has 0 bridgehead atoms. The van der Waals surface area contributed by atoms with Gasteiger partial charge < -0.3 is 20.6 Å². The largest absolute Gasteiger partial charge is 0.480 e. The normalized spacial score (nSPS) is 18.6. The Bertz CT molecular complexity index is 913. The Morgan fingerprint density at radius 3 is 2.70 bits per heavy atom. The molecule has 3 atom stereocenters. The summed E-state index contributed by atoms with van der Waals surface area (Å²) in [5.74, 6) is -0.548. The minimum atomic E-state index is -0.966. The Labute approximate surface area is 205 Å². The molecule has 0 aromatic heterocycles. The number of carboxylic acids is 1. The summed E-state index contributed by atoms with van der Waals surface area (Å²) < 4.78 is 0. The monoisotopic (exact) mass is 487 g/mol. The maximum absolute atomic E-state index is 13.5. The minimum Gasteiger partial charge on any atom is -0.480 e. The van der Waals surface area contributed by atoms with Gasteiger partial charge >= 0.3 is 5.97 Å². The van der Waals surface area contributed by atoms with Gasteiger partial charge in [0.2, 0.25) is 0 Å². The molecule has 3 rings (SSSR count). The van der Waals surface area contributed by atoms with Crippen LogP contribution in [0.1, 0.15) is 28.8 Å². The Kier molecular flexibility index (Phi) is 9.96. The van der Waals surface area contributed by atoms with Crippen molar-refractivity contribution in [1.29, 1.82) is 0 Å². The number of carboxylic acid groups (broad SMARTS) is 1. The Morgan fingerprint density at radius 2 is 2.03 bits per heavy atom. The highest BCUT2D eigenvalue weighted by Crippen LogP contribution is 2.19. The van der Waals surface area contributed by atoms with Crippen LogP contribution in [0.15, 0.2) is 54.6 Å². The molecule has 1 saturated heterocycles. The first kappa shape index (κ1) is 25.5. The number of hydrogen-bond donors (Lipinski definition) is 4. The molecule has 1 heterocycles. The van der Waals surface area contributed by atoms with Crippen LogP contribution in [0.3, 0.4) is 0 Å². The predicted molar refractivity (Wildman–Crippen MR) is 140 cm³/mol. The van der Waals surface area contributed by atoms with Gasteiger partial charge in [0.1, 0.15) is 6.04 Å². The number of amides is 1. The SMILES string of the molecule is CSCC[C@@H](C(=O)O)N(CCc1ccccc1)C(=O)c1cccc(NCC2NCCC2S)c1. The van der Waals surface area contributed by atoms with Crippen LogP contribution in [0, 0.1) is 0 Å². The number of carbonyl (C=O) groups is 2. The van der Waals surface area contributed by atoms with Gasteiger partial charge in [-0.3, -0.25) is 4.79 Å². The Balaban J connectivity index is 1.76. The fourth-order valence-corrected chi connectivity index (χ4v) is 4.85. The summed E-state index contributed by atoms with van der Waals surface area (Å²) >= 11 is 6.20. The maximum Gasteiger partial charge on any atom is 0.326 e. The minimum absolute atomic E-state index is 0.255. The highest BCUT2D eigenvalue weighted by Gasteiger charge is 2.30. The lowest BCUT2D eigenvalue weighted by Gasteiger charge is -2.29. The molecule has 3 N–H and O–H groups in total. The molecule has 2 aromatic carbocycles. The van der Waals surface area contributed by atoms with Crippen LogP contribution in [0.25, 0.3) is 0 Å². The summed E-state index contributed by atoms with van der Waals surface area (Å²) in [4.78, 5) is 27.2. The van der Waals surface area contributed by atoms with Crippen molar-refractivity contribution in [2.24, 2.45) is 0 Å². The van der Waals surface area contributed by atoms with Crippen molar-refractivity contribution in [3.05, 3.63) is 65.7 Å². The van der Waals surface area contributed by atoms with E-state index in [4.69, 9.17) is 0 Å². The van der Waals surface area contributed by atoms with E-state index in [1.165, 1.54) is 4.90 Å². The van der Waals surface area contributed by atoms with Crippen molar-refractivity contribution in [2.45, 2.75) is 36.6 Å². The van der Waals surface area contributed by atoms with Gasteiger partial charge in [-0.15, -0.1) is 0 Å². The lowest BCUT2D eigenvalue weighted by atomic mass is 10.1. The van der Waals surface area contributed by atoms with E-state index in [1.54, 1.807) is 17.8 Å². The number of nitrogens with zero attached hydrogens (tertiary/aromatic N) is 1. The molecule has 0 radical (unpaired) electrons. The van der Waals surface area contributed by atoms with Crippen molar-refractivity contribution >= 4 is 42.0 Å².